The first-order valence-corrected chi connectivity index (χ1v) is 15.3. The fraction of sp³-hybridized carbons (Fsp3) is 0.394. The Morgan fingerprint density at radius 1 is 1.02 bits per heavy atom. The molecule has 2 aromatic carbocycles. The van der Waals surface area contributed by atoms with Crippen molar-refractivity contribution < 1.29 is 32.8 Å². The molecule has 3 fully saturated rings. The van der Waals surface area contributed by atoms with E-state index in [-0.39, 0.29) is 48.2 Å². The molecule has 2 N–H and O–H groups in total. The number of carbonyl (C=O) groups is 5. The van der Waals surface area contributed by atoms with Crippen molar-refractivity contribution in [1.82, 2.24) is 20.1 Å². The third-order valence-corrected chi connectivity index (χ3v) is 9.64. The smallest absolute Gasteiger partial charge is 0.264 e. The van der Waals surface area contributed by atoms with Crippen LogP contribution in [0.4, 0.5) is 10.1 Å². The number of anilines is 1. The summed E-state index contributed by atoms with van der Waals surface area (Å²) < 4.78 is 19.6. The molecule has 1 atom stereocenters. The molecule has 1 aliphatic carbocycles. The van der Waals surface area contributed by atoms with Gasteiger partial charge in [-0.05, 0) is 61.9 Å². The number of halogens is 1. The van der Waals surface area contributed by atoms with Crippen molar-refractivity contribution in [3.63, 3.8) is 0 Å². The summed E-state index contributed by atoms with van der Waals surface area (Å²) in [6, 6.07) is 10.1. The highest BCUT2D eigenvalue weighted by molar-refractivity contribution is 6.25. The minimum Gasteiger partial charge on any atom is -0.444 e. The van der Waals surface area contributed by atoms with Crippen LogP contribution in [0.1, 0.15) is 88.8 Å². The lowest BCUT2D eigenvalue weighted by Gasteiger charge is -2.45. The third kappa shape index (κ3) is 4.98. The molecular weight excluding hydrogens is 581 g/mol. The molecule has 4 heterocycles. The molecule has 1 saturated carbocycles. The molecule has 3 aromatic rings. The predicted molar refractivity (Wildman–Crippen MR) is 157 cm³/mol. The third-order valence-electron chi connectivity index (χ3n) is 9.64. The number of nitrogens with zero attached hydrogens (tertiary/aromatic N) is 3. The first-order valence-electron chi connectivity index (χ1n) is 15.3. The van der Waals surface area contributed by atoms with Crippen LogP contribution < -0.4 is 10.6 Å². The van der Waals surface area contributed by atoms with Crippen molar-refractivity contribution in [1.29, 1.82) is 0 Å². The fourth-order valence-corrected chi connectivity index (χ4v) is 7.00. The van der Waals surface area contributed by atoms with Crippen LogP contribution in [0.25, 0.3) is 0 Å². The van der Waals surface area contributed by atoms with Crippen LogP contribution in [0.3, 0.4) is 0 Å². The van der Waals surface area contributed by atoms with Crippen LogP contribution in [0.5, 0.6) is 0 Å². The number of hydrogen-bond acceptors (Lipinski definition) is 8. The molecule has 1 aromatic heterocycles. The number of benzene rings is 2. The Kier molecular flexibility index (Phi) is 7.22. The van der Waals surface area contributed by atoms with E-state index < -0.39 is 35.1 Å². The summed E-state index contributed by atoms with van der Waals surface area (Å²) in [5.41, 5.74) is 1.11. The number of nitrogens with one attached hydrogen (secondary N) is 2. The SMILES string of the molecule is O=C1CCC(N2C(=O)c3cccc(NCc4cnc(C5CCN(C(=O)C6(c7ccc(F)cc7)CCC6)CC5)o4)c3C2=O)C(=O)N1. The molecule has 4 aliphatic rings. The molecule has 45 heavy (non-hydrogen) atoms. The zero-order valence-corrected chi connectivity index (χ0v) is 24.5. The van der Waals surface area contributed by atoms with E-state index >= 15 is 0 Å². The van der Waals surface area contributed by atoms with Crippen LogP contribution >= 0.6 is 0 Å². The molecule has 232 valence electrons. The van der Waals surface area contributed by atoms with Gasteiger partial charge in [0.1, 0.15) is 17.6 Å². The Morgan fingerprint density at radius 2 is 1.78 bits per heavy atom. The summed E-state index contributed by atoms with van der Waals surface area (Å²) in [4.78, 5) is 71.4. The van der Waals surface area contributed by atoms with Gasteiger partial charge in [-0.2, -0.15) is 0 Å². The number of oxazole rings is 1. The van der Waals surface area contributed by atoms with Crippen molar-refractivity contribution in [2.75, 3.05) is 18.4 Å². The Hall–Kier alpha value is -4.87. The van der Waals surface area contributed by atoms with Crippen LogP contribution in [0, 0.1) is 5.82 Å². The number of carbonyl (C=O) groups excluding carboxylic acids is 5. The standard InChI is InChI=1S/C33H32FN5O6/c34-21-7-5-20(6-8-21)33(13-2-14-33)32(44)38-15-11-19(12-16-38)29-36-18-22(45-29)17-35-24-4-1-3-23-27(24)31(43)39(30(23)42)25-9-10-26(40)37-28(25)41/h1,3-8,18-19,25,35H,2,9-17H2,(H,37,40,41). The Bertz CT molecular complexity index is 1710. The Balaban J connectivity index is 0.979. The first-order chi connectivity index (χ1) is 21.7. The Labute approximate surface area is 258 Å². The van der Waals surface area contributed by atoms with Crippen LogP contribution in [0.15, 0.2) is 53.1 Å². The van der Waals surface area contributed by atoms with Gasteiger partial charge in [0.25, 0.3) is 11.8 Å². The van der Waals surface area contributed by atoms with Gasteiger partial charge in [0, 0.05) is 31.1 Å². The van der Waals surface area contributed by atoms with Gasteiger partial charge in [-0.25, -0.2) is 9.37 Å². The summed E-state index contributed by atoms with van der Waals surface area (Å²) in [6.07, 6.45) is 5.69. The molecule has 3 aliphatic heterocycles. The summed E-state index contributed by atoms with van der Waals surface area (Å²) in [5.74, 6) is -1.26. The quantitative estimate of drug-likeness (QED) is 0.385. The zero-order chi connectivity index (χ0) is 31.3. The summed E-state index contributed by atoms with van der Waals surface area (Å²) in [5, 5.41) is 5.38. The minimum absolute atomic E-state index is 0.0493. The van der Waals surface area contributed by atoms with Gasteiger partial charge in [0.2, 0.25) is 17.7 Å². The van der Waals surface area contributed by atoms with Gasteiger partial charge in [-0.15, -0.1) is 0 Å². The topological polar surface area (TPSA) is 142 Å². The van der Waals surface area contributed by atoms with Crippen molar-refractivity contribution in [3.05, 3.63) is 82.8 Å². The van der Waals surface area contributed by atoms with E-state index in [0.29, 0.717) is 43.3 Å². The molecule has 5 amide bonds. The van der Waals surface area contributed by atoms with E-state index in [0.717, 1.165) is 29.7 Å². The van der Waals surface area contributed by atoms with Gasteiger partial charge in [-0.1, -0.05) is 24.6 Å². The summed E-state index contributed by atoms with van der Waals surface area (Å²) >= 11 is 0. The number of piperidine rings is 2. The predicted octanol–water partition coefficient (Wildman–Crippen LogP) is 3.65. The molecule has 1 unspecified atom stereocenters. The second-order valence-electron chi connectivity index (χ2n) is 12.2. The van der Waals surface area contributed by atoms with Crippen molar-refractivity contribution in [3.8, 4) is 0 Å². The number of likely N-dealkylation sites (tertiary alicyclic amines) is 1. The van der Waals surface area contributed by atoms with Crippen molar-refractivity contribution in [2.45, 2.75) is 68.9 Å². The number of hydrogen-bond donors (Lipinski definition) is 2. The van der Waals surface area contributed by atoms with E-state index in [2.05, 4.69) is 15.6 Å². The van der Waals surface area contributed by atoms with Crippen LogP contribution in [0.2, 0.25) is 0 Å². The molecule has 12 heteroatoms. The zero-order valence-electron chi connectivity index (χ0n) is 24.5. The van der Waals surface area contributed by atoms with E-state index in [4.69, 9.17) is 4.42 Å². The average Bonchev–Trinajstić information content (AvgIpc) is 3.59. The number of imide groups is 2. The van der Waals surface area contributed by atoms with E-state index in [1.54, 1.807) is 36.5 Å². The maximum absolute atomic E-state index is 13.6. The maximum Gasteiger partial charge on any atom is 0.264 e. The second-order valence-corrected chi connectivity index (χ2v) is 12.2. The van der Waals surface area contributed by atoms with Crippen LogP contribution in [-0.4, -0.2) is 63.5 Å². The lowest BCUT2D eigenvalue weighted by Crippen LogP contribution is -2.54. The first kappa shape index (κ1) is 28.9. The molecule has 0 bridgehead atoms. The number of rotatable bonds is 7. The highest BCUT2D eigenvalue weighted by atomic mass is 19.1. The maximum atomic E-state index is 13.6. The van der Waals surface area contributed by atoms with E-state index in [1.165, 1.54) is 12.1 Å². The molecule has 11 nitrogen and oxygen atoms in total. The minimum atomic E-state index is -1.04. The fourth-order valence-electron chi connectivity index (χ4n) is 7.00. The van der Waals surface area contributed by atoms with Crippen molar-refractivity contribution >= 4 is 35.2 Å². The molecular formula is C33H32FN5O6. The van der Waals surface area contributed by atoms with Gasteiger partial charge >= 0.3 is 0 Å². The molecule has 7 rings (SSSR count). The van der Waals surface area contributed by atoms with Crippen LogP contribution in [-0.2, 0) is 26.3 Å². The highest BCUT2D eigenvalue weighted by Crippen LogP contribution is 2.46. The number of amides is 5. The molecule has 0 radical (unpaired) electrons. The van der Waals surface area contributed by atoms with Gasteiger partial charge in [-0.3, -0.25) is 34.2 Å². The second kappa shape index (κ2) is 11.2. The molecule has 0 spiro atoms. The number of aromatic nitrogens is 1. The Morgan fingerprint density at radius 3 is 2.47 bits per heavy atom. The van der Waals surface area contributed by atoms with Gasteiger partial charge < -0.3 is 14.6 Å². The van der Waals surface area contributed by atoms with Gasteiger partial charge in [0.05, 0.1) is 29.3 Å². The van der Waals surface area contributed by atoms with E-state index in [1.807, 2.05) is 4.90 Å². The monoisotopic (exact) mass is 613 g/mol. The van der Waals surface area contributed by atoms with Gasteiger partial charge in [0.15, 0.2) is 5.89 Å². The lowest BCUT2D eigenvalue weighted by atomic mass is 9.63. The lowest BCUT2D eigenvalue weighted by molar-refractivity contribution is -0.142. The summed E-state index contributed by atoms with van der Waals surface area (Å²) in [6.45, 7) is 1.37. The summed E-state index contributed by atoms with van der Waals surface area (Å²) in [7, 11) is 0. The largest absolute Gasteiger partial charge is 0.444 e. The average molecular weight is 614 g/mol. The highest BCUT2D eigenvalue weighted by Gasteiger charge is 2.48. The van der Waals surface area contributed by atoms with E-state index in [9.17, 15) is 28.4 Å². The number of fused-ring (bicyclic) bond motifs is 1. The normalized spacial score (nSPS) is 21.4. The molecule has 2 saturated heterocycles. The van der Waals surface area contributed by atoms with Crippen molar-refractivity contribution in [2.24, 2.45) is 0 Å².